The van der Waals surface area contributed by atoms with Crippen molar-refractivity contribution < 1.29 is 92.6 Å². The van der Waals surface area contributed by atoms with Gasteiger partial charge in [0.05, 0.1) is 79.4 Å². The summed E-state index contributed by atoms with van der Waals surface area (Å²) in [5.41, 5.74) is 1.17. The van der Waals surface area contributed by atoms with Gasteiger partial charge in [-0.3, -0.25) is 0 Å². The molecule has 21 heteroatoms. The van der Waals surface area contributed by atoms with Gasteiger partial charge in [0.15, 0.2) is 18.6 Å². The fourth-order valence-corrected chi connectivity index (χ4v) is 12.3. The number of rotatable bonds is 16. The molecule has 5 heterocycles. The van der Waals surface area contributed by atoms with Crippen LogP contribution in [0, 0.1) is 28.6 Å². The first-order chi connectivity index (χ1) is 37.6. The van der Waals surface area contributed by atoms with Crippen molar-refractivity contribution in [3.05, 3.63) is 63.7 Å². The van der Waals surface area contributed by atoms with Crippen LogP contribution in [0.2, 0.25) is 0 Å². The summed E-state index contributed by atoms with van der Waals surface area (Å²) in [4.78, 5) is 26.0. The summed E-state index contributed by atoms with van der Waals surface area (Å²) in [5.74, 6) is -5.79. The number of allylic oxidation sites excluding steroid dienone is 7. The number of nitroso groups, excluding NO2 is 1. The average molecular weight is 1140 g/mol. The Morgan fingerprint density at radius 1 is 0.812 bits per heavy atom. The predicted octanol–water partition coefficient (Wildman–Crippen LogP) is 5.03. The zero-order valence-electron chi connectivity index (χ0n) is 49.8. The van der Waals surface area contributed by atoms with Gasteiger partial charge in [-0.15, -0.1) is 0 Å². The molecule has 0 spiro atoms. The summed E-state index contributed by atoms with van der Waals surface area (Å²) >= 11 is 0. The maximum atomic E-state index is 14.2. The average Bonchev–Trinajstić information content (AvgIpc) is 3.40. The van der Waals surface area contributed by atoms with Crippen LogP contribution in [0.3, 0.4) is 0 Å². The minimum Gasteiger partial charge on any atom is -0.456 e. The van der Waals surface area contributed by atoms with E-state index in [1.54, 1.807) is 54.7 Å². The number of esters is 1. The van der Waals surface area contributed by atoms with Gasteiger partial charge in [-0.2, -0.15) is 4.91 Å². The third kappa shape index (κ3) is 17.1. The molecular formula is C59H97NO20. The lowest BCUT2D eigenvalue weighted by Gasteiger charge is -2.51. The molecule has 25 atom stereocenters. The van der Waals surface area contributed by atoms with E-state index in [2.05, 4.69) is 5.18 Å². The maximum Gasteiger partial charge on any atom is 0.334 e. The van der Waals surface area contributed by atoms with Crippen molar-refractivity contribution in [1.29, 1.82) is 0 Å². The standard InChI is InChI=1S/C59H97NO20/c1-30-17-16-18-43(61)46(71-13)27-48(78-56(66)34(5)23-32(3)21-31(2)22-33(4)44(20-19-30)79-57-53(64)50(60-69)54(73-15)39(10)76-57)55(65)59(68)36(7)51(62)35(6)45(80-59)26-41(29-70-12)77-49-28-58(11,67)42(37(8)75-49)24-40-25-47(72-14)52(63)38(9)74-40/h17,19-23,33,35-55,57,61-65,67-68H,16,18,24-29H2,1-15H3/b20-19+,30-17+,31-22+,32-21+,34-23+/t33-,35+,36-,37+,38-,39+,40+,41-,42+,43+,44-,45-,46+,47-,48+,49+,50+,51+,52-,53+,54+,55-,57+,58+,59-/m1/s1. The number of carbonyl (C=O) groups is 1. The molecule has 4 fully saturated rings. The molecule has 21 nitrogen and oxygen atoms in total. The van der Waals surface area contributed by atoms with Crippen LogP contribution in [0.4, 0.5) is 0 Å². The van der Waals surface area contributed by atoms with E-state index in [-0.39, 0.29) is 55.8 Å². The molecule has 5 rings (SSSR count). The van der Waals surface area contributed by atoms with Gasteiger partial charge in [-0.1, -0.05) is 73.0 Å². The van der Waals surface area contributed by atoms with E-state index >= 15 is 0 Å². The summed E-state index contributed by atoms with van der Waals surface area (Å²) < 4.78 is 66.4. The third-order valence-corrected chi connectivity index (χ3v) is 17.2. The summed E-state index contributed by atoms with van der Waals surface area (Å²) in [6, 6.07) is -1.12. The van der Waals surface area contributed by atoms with Gasteiger partial charge in [0.1, 0.15) is 30.5 Å². The lowest BCUT2D eigenvalue weighted by molar-refractivity contribution is -0.364. The Labute approximate surface area is 473 Å². The van der Waals surface area contributed by atoms with Crippen LogP contribution in [0.25, 0.3) is 0 Å². The Hall–Kier alpha value is -2.91. The molecule has 0 aromatic carbocycles. The van der Waals surface area contributed by atoms with E-state index in [4.69, 9.17) is 52.1 Å². The Kier molecular flexibility index (Phi) is 25.7. The van der Waals surface area contributed by atoms with Gasteiger partial charge in [0.2, 0.25) is 5.79 Å². The molecule has 0 radical (unpaired) electrons. The SMILES string of the molecule is COC[C@@H](C[C@H]1O[C@@](O)([C@H](O)[C@@H]2C[C@H](OC)[C@@H](O)CC/C=C(C)/C=C/[C@@H](O[C@@H]3O[C@@H](C)[C@H](OC)[C@@H](N=O)[C@@H]3O)[C@H](C)/C=C(C)/C=C(C)/C=C(\C)C(=O)O2)[C@H](C)[C@@H](O)[C@H]1C)O[C@H]1C[C@](C)(O)[C@@H](C[C@H]2C[C@@H](OC)[C@H](O)[C@@H](C)O2)[C@H](C)O1. The number of aliphatic hydroxyl groups excluding tert-OH is 5. The largest absolute Gasteiger partial charge is 0.456 e. The Balaban J connectivity index is 1.38. The summed E-state index contributed by atoms with van der Waals surface area (Å²) in [6.07, 6.45) is -4.35. The van der Waals surface area contributed by atoms with E-state index in [0.717, 1.165) is 11.1 Å². The van der Waals surface area contributed by atoms with E-state index < -0.39 is 139 Å². The van der Waals surface area contributed by atoms with Crippen molar-refractivity contribution >= 4 is 5.97 Å². The smallest absolute Gasteiger partial charge is 0.334 e. The normalized spacial score (nSPS) is 46.2. The third-order valence-electron chi connectivity index (χ3n) is 17.2. The first-order valence-electron chi connectivity index (χ1n) is 28.4. The van der Waals surface area contributed by atoms with E-state index in [9.17, 15) is 45.4 Å². The summed E-state index contributed by atoms with van der Waals surface area (Å²) in [7, 11) is 5.85. The number of nitrogens with zero attached hydrogens (tertiary/aromatic N) is 1. The van der Waals surface area contributed by atoms with Crippen molar-refractivity contribution in [3.63, 3.8) is 0 Å². The van der Waals surface area contributed by atoms with Crippen LogP contribution < -0.4 is 0 Å². The summed E-state index contributed by atoms with van der Waals surface area (Å²) in [5, 5.41) is 85.4. The number of carbonyl (C=O) groups excluding carboxylic acids is 1. The zero-order chi connectivity index (χ0) is 59.6. The molecule has 80 heavy (non-hydrogen) atoms. The number of cyclic esters (lactones) is 1. The van der Waals surface area contributed by atoms with Crippen LogP contribution in [0.5, 0.6) is 0 Å². The Bertz CT molecular complexity index is 2130. The second-order valence-corrected chi connectivity index (χ2v) is 23.6. The number of aliphatic hydroxyl groups is 7. The fraction of sp³-hybridized carbons (Fsp3) is 0.814. The van der Waals surface area contributed by atoms with Crippen molar-refractivity contribution in [1.82, 2.24) is 0 Å². The quantitative estimate of drug-likeness (QED) is 0.0788. The molecule has 0 saturated carbocycles. The van der Waals surface area contributed by atoms with Crippen LogP contribution in [-0.2, 0) is 56.9 Å². The van der Waals surface area contributed by atoms with Crippen LogP contribution in [0.1, 0.15) is 121 Å². The molecule has 0 bridgehead atoms. The molecule has 4 saturated heterocycles. The minimum atomic E-state index is -2.53. The first kappa shape index (κ1) is 67.9. The highest BCUT2D eigenvalue weighted by Gasteiger charge is 2.57. The van der Waals surface area contributed by atoms with E-state index in [1.807, 2.05) is 58.1 Å². The number of hydrogen-bond acceptors (Lipinski definition) is 21. The molecule has 0 unspecified atom stereocenters. The molecule has 0 aromatic rings. The van der Waals surface area contributed by atoms with Crippen LogP contribution in [0.15, 0.2) is 63.9 Å². The lowest BCUT2D eigenvalue weighted by Crippen LogP contribution is -2.66. The van der Waals surface area contributed by atoms with Gasteiger partial charge in [-0.25, -0.2) is 4.79 Å². The Morgan fingerprint density at radius 3 is 2.12 bits per heavy atom. The van der Waals surface area contributed by atoms with Gasteiger partial charge < -0.3 is 87.9 Å². The fourth-order valence-electron chi connectivity index (χ4n) is 12.3. The molecule has 458 valence electrons. The second kappa shape index (κ2) is 30.3. The second-order valence-electron chi connectivity index (χ2n) is 23.6. The Morgan fingerprint density at radius 2 is 1.50 bits per heavy atom. The van der Waals surface area contributed by atoms with Crippen LogP contribution >= 0.6 is 0 Å². The molecule has 0 amide bonds. The zero-order valence-corrected chi connectivity index (χ0v) is 49.8. The van der Waals surface area contributed by atoms with Crippen molar-refractivity contribution in [3.8, 4) is 0 Å². The van der Waals surface area contributed by atoms with E-state index in [1.165, 1.54) is 28.3 Å². The maximum absolute atomic E-state index is 14.2. The summed E-state index contributed by atoms with van der Waals surface area (Å²) in [6.45, 7) is 19.5. The highest BCUT2D eigenvalue weighted by molar-refractivity contribution is 5.88. The van der Waals surface area contributed by atoms with Gasteiger partial charge in [0.25, 0.3) is 0 Å². The molecule has 5 aliphatic rings. The molecular weight excluding hydrogens is 1040 g/mol. The number of ether oxygens (including phenoxy) is 11. The lowest BCUT2D eigenvalue weighted by atomic mass is 9.75. The van der Waals surface area contributed by atoms with Crippen LogP contribution in [-0.4, -0.2) is 204 Å². The highest BCUT2D eigenvalue weighted by Crippen LogP contribution is 2.44. The minimum absolute atomic E-state index is 0.0348. The predicted molar refractivity (Wildman–Crippen MR) is 294 cm³/mol. The van der Waals surface area contributed by atoms with Gasteiger partial charge in [0, 0.05) is 83.4 Å². The molecule has 0 aliphatic carbocycles. The van der Waals surface area contributed by atoms with Gasteiger partial charge in [-0.05, 0) is 80.7 Å². The number of hydrogen-bond donors (Lipinski definition) is 7. The van der Waals surface area contributed by atoms with E-state index in [0.29, 0.717) is 24.8 Å². The van der Waals surface area contributed by atoms with Crippen molar-refractivity contribution in [2.75, 3.05) is 35.0 Å². The first-order valence-corrected chi connectivity index (χ1v) is 28.4. The topological polar surface area (TPSA) is 290 Å². The highest BCUT2D eigenvalue weighted by atomic mass is 16.7. The van der Waals surface area contributed by atoms with Crippen molar-refractivity contribution in [2.45, 2.75) is 249 Å². The monoisotopic (exact) mass is 1140 g/mol. The van der Waals surface area contributed by atoms with Gasteiger partial charge >= 0.3 is 5.97 Å². The number of methoxy groups -OCH3 is 4. The molecule has 5 aliphatic heterocycles. The molecule has 7 N–H and O–H groups in total. The van der Waals surface area contributed by atoms with Crippen molar-refractivity contribution in [2.24, 2.45) is 28.8 Å². The molecule has 0 aromatic heterocycles.